The molecule has 25 heavy (non-hydrogen) atoms. The molecule has 0 radical (unpaired) electrons. The molecule has 0 unspecified atom stereocenters. The van der Waals surface area contributed by atoms with Crippen molar-refractivity contribution in [2.24, 2.45) is 17.6 Å². The minimum Gasteiger partial charge on any atom is -0.385 e. The van der Waals surface area contributed by atoms with Gasteiger partial charge in [-0.15, -0.1) is 0 Å². The van der Waals surface area contributed by atoms with E-state index in [9.17, 15) is 9.90 Å². The zero-order chi connectivity index (χ0) is 18.2. The first-order valence-corrected chi connectivity index (χ1v) is 9.62. The van der Waals surface area contributed by atoms with E-state index in [1.807, 2.05) is 12.1 Å². The lowest BCUT2D eigenvalue weighted by Gasteiger charge is -2.31. The first-order valence-electron chi connectivity index (χ1n) is 9.62. The Morgan fingerprint density at radius 1 is 1.32 bits per heavy atom. The van der Waals surface area contributed by atoms with Gasteiger partial charge >= 0.3 is 0 Å². The molecule has 0 bridgehead atoms. The molecule has 2 rings (SSSR count). The molecule has 3 atom stereocenters. The summed E-state index contributed by atoms with van der Waals surface area (Å²) in [6, 6.07) is 4.60. The number of carbonyl (C=O) groups is 1. The van der Waals surface area contributed by atoms with Crippen LogP contribution in [0.4, 0.5) is 0 Å². The van der Waals surface area contributed by atoms with E-state index in [1.54, 1.807) is 12.3 Å². The van der Waals surface area contributed by atoms with E-state index >= 15 is 0 Å². The SMILES string of the molecule is CC(C)C[C@H](N)C(=O)N[C@H](CC1CCCCC1)[C@H](O)c1ccccn1. The van der Waals surface area contributed by atoms with Crippen LogP contribution in [0.1, 0.15) is 70.6 Å². The lowest BCUT2D eigenvalue weighted by molar-refractivity contribution is -0.124. The van der Waals surface area contributed by atoms with Gasteiger partial charge in [0.25, 0.3) is 0 Å². The van der Waals surface area contributed by atoms with Gasteiger partial charge in [-0.3, -0.25) is 9.78 Å². The van der Waals surface area contributed by atoms with Gasteiger partial charge in [0.15, 0.2) is 0 Å². The number of nitrogens with zero attached hydrogens (tertiary/aromatic N) is 1. The van der Waals surface area contributed by atoms with Gasteiger partial charge in [-0.1, -0.05) is 52.0 Å². The van der Waals surface area contributed by atoms with Crippen molar-refractivity contribution in [1.29, 1.82) is 0 Å². The van der Waals surface area contributed by atoms with Crippen LogP contribution in [0.3, 0.4) is 0 Å². The van der Waals surface area contributed by atoms with Crippen molar-refractivity contribution >= 4 is 5.91 Å². The quantitative estimate of drug-likeness (QED) is 0.674. The van der Waals surface area contributed by atoms with Crippen LogP contribution < -0.4 is 11.1 Å². The Bertz CT molecular complexity index is 515. The van der Waals surface area contributed by atoms with Crippen molar-refractivity contribution in [2.45, 2.75) is 77.0 Å². The number of nitrogens with one attached hydrogen (secondary N) is 1. The van der Waals surface area contributed by atoms with Crippen LogP contribution in [-0.4, -0.2) is 28.1 Å². The Kier molecular flexibility index (Phi) is 7.85. The van der Waals surface area contributed by atoms with E-state index in [2.05, 4.69) is 24.1 Å². The molecule has 1 saturated carbocycles. The molecule has 1 aliphatic carbocycles. The molecule has 1 heterocycles. The molecular formula is C20H33N3O2. The molecule has 0 aromatic carbocycles. The highest BCUT2D eigenvalue weighted by Gasteiger charge is 2.29. The van der Waals surface area contributed by atoms with Crippen LogP contribution in [0, 0.1) is 11.8 Å². The topological polar surface area (TPSA) is 88.2 Å². The number of carbonyl (C=O) groups excluding carboxylic acids is 1. The summed E-state index contributed by atoms with van der Waals surface area (Å²) in [5, 5.41) is 13.8. The van der Waals surface area contributed by atoms with E-state index < -0.39 is 12.1 Å². The maximum absolute atomic E-state index is 12.5. The largest absolute Gasteiger partial charge is 0.385 e. The summed E-state index contributed by atoms with van der Waals surface area (Å²) in [5.74, 6) is 0.724. The summed E-state index contributed by atoms with van der Waals surface area (Å²) in [6.45, 7) is 4.10. The lowest BCUT2D eigenvalue weighted by atomic mass is 9.83. The zero-order valence-electron chi connectivity index (χ0n) is 15.5. The highest BCUT2D eigenvalue weighted by Crippen LogP contribution is 2.30. The Hall–Kier alpha value is -1.46. The van der Waals surface area contributed by atoms with Crippen molar-refractivity contribution in [3.8, 4) is 0 Å². The fourth-order valence-corrected chi connectivity index (χ4v) is 3.71. The third-order valence-corrected chi connectivity index (χ3v) is 5.07. The number of hydrogen-bond acceptors (Lipinski definition) is 4. The molecule has 0 aliphatic heterocycles. The predicted molar refractivity (Wildman–Crippen MR) is 99.7 cm³/mol. The van der Waals surface area contributed by atoms with Gasteiger partial charge in [0, 0.05) is 6.20 Å². The summed E-state index contributed by atoms with van der Waals surface area (Å²) in [7, 11) is 0. The monoisotopic (exact) mass is 347 g/mol. The molecule has 4 N–H and O–H groups in total. The Balaban J connectivity index is 2.06. The molecule has 1 aliphatic rings. The smallest absolute Gasteiger partial charge is 0.237 e. The molecule has 1 aromatic heterocycles. The highest BCUT2D eigenvalue weighted by atomic mass is 16.3. The minimum atomic E-state index is -0.807. The number of rotatable bonds is 8. The summed E-state index contributed by atoms with van der Waals surface area (Å²) in [6.07, 6.45) is 8.37. The average Bonchev–Trinajstić information content (AvgIpc) is 2.61. The van der Waals surface area contributed by atoms with Gasteiger partial charge in [-0.2, -0.15) is 0 Å². The van der Waals surface area contributed by atoms with E-state index in [0.29, 0.717) is 24.0 Å². The molecule has 0 saturated heterocycles. The first kappa shape index (κ1) is 19.9. The second-order valence-corrected chi connectivity index (χ2v) is 7.79. The fourth-order valence-electron chi connectivity index (χ4n) is 3.71. The van der Waals surface area contributed by atoms with Crippen molar-refractivity contribution in [2.75, 3.05) is 0 Å². The maximum Gasteiger partial charge on any atom is 0.237 e. The number of pyridine rings is 1. The molecule has 1 fully saturated rings. The number of aliphatic hydroxyl groups is 1. The fraction of sp³-hybridized carbons (Fsp3) is 0.700. The molecule has 1 aromatic rings. The average molecular weight is 348 g/mol. The lowest BCUT2D eigenvalue weighted by Crippen LogP contribution is -2.48. The number of aromatic nitrogens is 1. The predicted octanol–water partition coefficient (Wildman–Crippen LogP) is 2.94. The molecule has 140 valence electrons. The van der Waals surface area contributed by atoms with Gasteiger partial charge in [-0.25, -0.2) is 0 Å². The van der Waals surface area contributed by atoms with E-state index in [0.717, 1.165) is 6.42 Å². The van der Waals surface area contributed by atoms with Gasteiger partial charge in [0.2, 0.25) is 5.91 Å². The summed E-state index contributed by atoms with van der Waals surface area (Å²) < 4.78 is 0. The van der Waals surface area contributed by atoms with Crippen molar-refractivity contribution in [1.82, 2.24) is 10.3 Å². The summed E-state index contributed by atoms with van der Waals surface area (Å²) in [4.78, 5) is 16.8. The van der Waals surface area contributed by atoms with Crippen LogP contribution in [-0.2, 0) is 4.79 Å². The van der Waals surface area contributed by atoms with Crippen LogP contribution >= 0.6 is 0 Å². The first-order chi connectivity index (χ1) is 12.0. The second-order valence-electron chi connectivity index (χ2n) is 7.79. The Morgan fingerprint density at radius 3 is 2.64 bits per heavy atom. The molecule has 1 amide bonds. The Morgan fingerprint density at radius 2 is 2.04 bits per heavy atom. The molecular weight excluding hydrogens is 314 g/mol. The van der Waals surface area contributed by atoms with Crippen LogP contribution in [0.2, 0.25) is 0 Å². The number of nitrogens with two attached hydrogens (primary N) is 1. The van der Waals surface area contributed by atoms with Gasteiger partial charge in [0.05, 0.1) is 17.8 Å². The number of amides is 1. The van der Waals surface area contributed by atoms with E-state index in [4.69, 9.17) is 5.73 Å². The van der Waals surface area contributed by atoms with Crippen LogP contribution in [0.15, 0.2) is 24.4 Å². The highest BCUT2D eigenvalue weighted by molar-refractivity contribution is 5.81. The van der Waals surface area contributed by atoms with Gasteiger partial charge < -0.3 is 16.2 Å². The van der Waals surface area contributed by atoms with Crippen LogP contribution in [0.5, 0.6) is 0 Å². The number of aliphatic hydroxyl groups excluding tert-OH is 1. The standard InChI is InChI=1S/C20H33N3O2/c1-14(2)12-16(21)20(25)23-18(13-15-8-4-3-5-9-15)19(24)17-10-6-7-11-22-17/h6-7,10-11,14-16,18-19,24H,3-5,8-9,12-13,21H2,1-2H3,(H,23,25)/t16-,18+,19+/m0/s1. The van der Waals surface area contributed by atoms with Crippen molar-refractivity contribution < 1.29 is 9.90 Å². The number of hydrogen-bond donors (Lipinski definition) is 3. The summed E-state index contributed by atoms with van der Waals surface area (Å²) >= 11 is 0. The second kappa shape index (κ2) is 9.88. The van der Waals surface area contributed by atoms with Crippen molar-refractivity contribution in [3.05, 3.63) is 30.1 Å². The van der Waals surface area contributed by atoms with Crippen LogP contribution in [0.25, 0.3) is 0 Å². The molecule has 5 nitrogen and oxygen atoms in total. The molecule has 0 spiro atoms. The zero-order valence-corrected chi connectivity index (χ0v) is 15.5. The summed E-state index contributed by atoms with van der Waals surface area (Å²) in [5.41, 5.74) is 6.63. The third-order valence-electron chi connectivity index (χ3n) is 5.07. The third kappa shape index (κ3) is 6.40. The normalized spacial score (nSPS) is 19.4. The van der Waals surface area contributed by atoms with Gasteiger partial charge in [-0.05, 0) is 36.8 Å². The van der Waals surface area contributed by atoms with Gasteiger partial charge in [0.1, 0.15) is 6.10 Å². The van der Waals surface area contributed by atoms with E-state index in [-0.39, 0.29) is 11.9 Å². The molecule has 5 heteroatoms. The Labute approximate surface area is 151 Å². The van der Waals surface area contributed by atoms with E-state index in [1.165, 1.54) is 32.1 Å². The van der Waals surface area contributed by atoms with Crippen molar-refractivity contribution in [3.63, 3.8) is 0 Å². The minimum absolute atomic E-state index is 0.176. The maximum atomic E-state index is 12.5.